The van der Waals surface area contributed by atoms with Crippen LogP contribution in [0, 0.1) is 23.1 Å². The van der Waals surface area contributed by atoms with Crippen molar-refractivity contribution >= 4 is 11.7 Å². The van der Waals surface area contributed by atoms with Crippen LogP contribution in [0.2, 0.25) is 0 Å². The Balaban J connectivity index is 2.08. The molecule has 0 radical (unpaired) electrons. The third-order valence-electron chi connectivity index (χ3n) is 3.52. The molecule has 0 unspecified atom stereocenters. The Labute approximate surface area is 111 Å². The molecule has 1 fully saturated rings. The third kappa shape index (κ3) is 3.02. The summed E-state index contributed by atoms with van der Waals surface area (Å²) in [4.78, 5) is 12.6. The summed E-state index contributed by atoms with van der Waals surface area (Å²) in [5, 5.41) is 17.8. The summed E-state index contributed by atoms with van der Waals surface area (Å²) in [7, 11) is 0. The summed E-state index contributed by atoms with van der Waals surface area (Å²) in [6.45, 7) is 1.33. The van der Waals surface area contributed by atoms with Gasteiger partial charge in [0.1, 0.15) is 17.4 Å². The van der Waals surface area contributed by atoms with Gasteiger partial charge in [0.2, 0.25) is 0 Å². The van der Waals surface area contributed by atoms with Gasteiger partial charge in [-0.15, -0.1) is 0 Å². The molecule has 1 aromatic carbocycles. The monoisotopic (exact) mass is 262 g/mol. The summed E-state index contributed by atoms with van der Waals surface area (Å²) in [6, 6.07) is 6.50. The van der Waals surface area contributed by atoms with Gasteiger partial charge in [-0.25, -0.2) is 4.39 Å². The number of nitrogens with zero attached hydrogens (tertiary/aromatic N) is 2. The maximum atomic E-state index is 13.5. The Morgan fingerprint density at radius 1 is 1.47 bits per heavy atom. The molecule has 0 bridgehead atoms. The minimum atomic E-state index is -0.776. The Bertz CT molecular complexity index is 517. The molecule has 2 rings (SSSR count). The normalized spacial score (nSPS) is 16.1. The summed E-state index contributed by atoms with van der Waals surface area (Å²) in [6.07, 6.45) is 1.70. The van der Waals surface area contributed by atoms with Crippen molar-refractivity contribution in [1.29, 1.82) is 5.26 Å². The molecule has 1 N–H and O–H groups in total. The fourth-order valence-corrected chi connectivity index (χ4v) is 2.51. The first-order valence-electron chi connectivity index (χ1n) is 6.27. The Kier molecular flexibility index (Phi) is 4.00. The largest absolute Gasteiger partial charge is 0.481 e. The van der Waals surface area contributed by atoms with Crippen LogP contribution in [-0.4, -0.2) is 24.2 Å². The fraction of sp³-hybridized carbons (Fsp3) is 0.429. The van der Waals surface area contributed by atoms with Crippen molar-refractivity contribution in [3.05, 3.63) is 29.6 Å². The lowest BCUT2D eigenvalue weighted by molar-refractivity contribution is -0.138. The van der Waals surface area contributed by atoms with E-state index in [1.54, 1.807) is 12.1 Å². The average Bonchev–Trinajstić information content (AvgIpc) is 2.38. The molecule has 0 saturated carbocycles. The van der Waals surface area contributed by atoms with Crippen molar-refractivity contribution in [2.75, 3.05) is 18.0 Å². The van der Waals surface area contributed by atoms with Crippen LogP contribution in [0.3, 0.4) is 0 Å². The lowest BCUT2D eigenvalue weighted by Gasteiger charge is -2.33. The van der Waals surface area contributed by atoms with Crippen LogP contribution in [0.25, 0.3) is 0 Å². The minimum absolute atomic E-state index is 0.0687. The van der Waals surface area contributed by atoms with Gasteiger partial charge in [0.15, 0.2) is 0 Å². The number of benzene rings is 1. The van der Waals surface area contributed by atoms with E-state index in [4.69, 9.17) is 10.4 Å². The highest BCUT2D eigenvalue weighted by molar-refractivity contribution is 5.67. The minimum Gasteiger partial charge on any atom is -0.481 e. The number of hydrogen-bond acceptors (Lipinski definition) is 3. The first-order valence-corrected chi connectivity index (χ1v) is 6.27. The molecular formula is C14H15FN2O2. The molecule has 0 amide bonds. The van der Waals surface area contributed by atoms with E-state index in [0.29, 0.717) is 18.8 Å². The molecule has 1 aliphatic heterocycles. The van der Waals surface area contributed by atoms with Crippen molar-refractivity contribution in [3.63, 3.8) is 0 Å². The average molecular weight is 262 g/mol. The molecule has 5 heteroatoms. The third-order valence-corrected chi connectivity index (χ3v) is 3.52. The second-order valence-electron chi connectivity index (χ2n) is 4.77. The molecular weight excluding hydrogens is 247 g/mol. The number of carboxylic acids is 1. The van der Waals surface area contributed by atoms with Gasteiger partial charge >= 0.3 is 5.97 Å². The zero-order valence-corrected chi connectivity index (χ0v) is 10.5. The predicted molar refractivity (Wildman–Crippen MR) is 68.3 cm³/mol. The number of carboxylic acid groups (broad SMARTS) is 1. The molecule has 0 atom stereocenters. The van der Waals surface area contributed by atoms with Gasteiger partial charge < -0.3 is 10.0 Å². The first kappa shape index (κ1) is 13.3. The maximum absolute atomic E-state index is 13.5. The number of hydrogen-bond donors (Lipinski definition) is 1. The van der Waals surface area contributed by atoms with Crippen LogP contribution in [0.5, 0.6) is 0 Å². The van der Waals surface area contributed by atoms with Crippen molar-refractivity contribution in [3.8, 4) is 6.07 Å². The summed E-state index contributed by atoms with van der Waals surface area (Å²) < 4.78 is 13.5. The fourth-order valence-electron chi connectivity index (χ4n) is 2.51. The van der Waals surface area contributed by atoms with Crippen molar-refractivity contribution in [2.24, 2.45) is 5.92 Å². The van der Waals surface area contributed by atoms with Gasteiger partial charge in [0, 0.05) is 19.5 Å². The Hall–Kier alpha value is -2.09. The number of rotatable bonds is 3. The molecule has 19 heavy (non-hydrogen) atoms. The molecule has 1 aliphatic rings. The van der Waals surface area contributed by atoms with Gasteiger partial charge in [0.25, 0.3) is 0 Å². The lowest BCUT2D eigenvalue weighted by Crippen LogP contribution is -2.34. The van der Waals surface area contributed by atoms with Crippen molar-refractivity contribution in [2.45, 2.75) is 19.3 Å². The number of nitriles is 1. The van der Waals surface area contributed by atoms with Crippen LogP contribution in [0.15, 0.2) is 18.2 Å². The van der Waals surface area contributed by atoms with Crippen molar-refractivity contribution < 1.29 is 14.3 Å². The molecule has 4 nitrogen and oxygen atoms in total. The lowest BCUT2D eigenvalue weighted by atomic mass is 9.93. The van der Waals surface area contributed by atoms with Crippen LogP contribution in [0.4, 0.5) is 10.1 Å². The van der Waals surface area contributed by atoms with E-state index in [1.807, 2.05) is 11.0 Å². The van der Waals surface area contributed by atoms with E-state index in [1.165, 1.54) is 6.07 Å². The van der Waals surface area contributed by atoms with Gasteiger partial charge in [-0.2, -0.15) is 5.26 Å². The number of aliphatic carboxylic acids is 1. The van der Waals surface area contributed by atoms with E-state index in [2.05, 4.69) is 0 Å². The van der Waals surface area contributed by atoms with Crippen LogP contribution in [0.1, 0.15) is 24.8 Å². The zero-order valence-electron chi connectivity index (χ0n) is 10.5. The van der Waals surface area contributed by atoms with E-state index in [0.717, 1.165) is 12.8 Å². The molecule has 100 valence electrons. The van der Waals surface area contributed by atoms with Crippen LogP contribution >= 0.6 is 0 Å². The van der Waals surface area contributed by atoms with E-state index in [-0.39, 0.29) is 17.9 Å². The number of piperidine rings is 1. The second-order valence-corrected chi connectivity index (χ2v) is 4.77. The van der Waals surface area contributed by atoms with Gasteiger partial charge in [0.05, 0.1) is 5.69 Å². The highest BCUT2D eigenvalue weighted by Gasteiger charge is 2.23. The molecule has 1 heterocycles. The van der Waals surface area contributed by atoms with Crippen molar-refractivity contribution in [1.82, 2.24) is 0 Å². The molecule has 0 aromatic heterocycles. The molecule has 0 spiro atoms. The standard InChI is InChI=1S/C14H15FN2O2/c15-12-2-1-3-13(11(12)9-16)17-6-4-10(5-7-17)8-14(18)19/h1-3,10H,4-8H2,(H,18,19). The van der Waals surface area contributed by atoms with E-state index in [9.17, 15) is 9.18 Å². The number of halogens is 1. The predicted octanol–water partition coefficient (Wildman–Crippen LogP) is 2.39. The molecule has 0 aliphatic carbocycles. The Morgan fingerprint density at radius 3 is 2.74 bits per heavy atom. The maximum Gasteiger partial charge on any atom is 0.303 e. The summed E-state index contributed by atoms with van der Waals surface area (Å²) >= 11 is 0. The quantitative estimate of drug-likeness (QED) is 0.908. The van der Waals surface area contributed by atoms with Crippen LogP contribution in [-0.2, 0) is 4.79 Å². The van der Waals surface area contributed by atoms with E-state index < -0.39 is 11.8 Å². The number of anilines is 1. The van der Waals surface area contributed by atoms with Gasteiger partial charge in [-0.3, -0.25) is 4.79 Å². The second kappa shape index (κ2) is 5.70. The summed E-state index contributed by atoms with van der Waals surface area (Å²) in [5.74, 6) is -1.11. The summed E-state index contributed by atoms with van der Waals surface area (Å²) in [5.41, 5.74) is 0.676. The first-order chi connectivity index (χ1) is 9.11. The highest BCUT2D eigenvalue weighted by atomic mass is 19.1. The SMILES string of the molecule is N#Cc1c(F)cccc1N1CCC(CC(=O)O)CC1. The Morgan fingerprint density at radius 2 is 2.16 bits per heavy atom. The van der Waals surface area contributed by atoms with Gasteiger partial charge in [-0.05, 0) is 30.9 Å². The van der Waals surface area contributed by atoms with E-state index >= 15 is 0 Å². The topological polar surface area (TPSA) is 64.3 Å². The molecule has 1 saturated heterocycles. The highest BCUT2D eigenvalue weighted by Crippen LogP contribution is 2.28. The molecule has 1 aromatic rings. The zero-order chi connectivity index (χ0) is 13.8. The van der Waals surface area contributed by atoms with Gasteiger partial charge in [-0.1, -0.05) is 6.07 Å². The van der Waals surface area contributed by atoms with Crippen LogP contribution < -0.4 is 4.90 Å². The smallest absolute Gasteiger partial charge is 0.303 e. The number of carbonyl (C=O) groups is 1.